The third-order valence-electron chi connectivity index (χ3n) is 4.88. The fraction of sp³-hybridized carbons (Fsp3) is 0.500. The Kier molecular flexibility index (Phi) is 9.96. The molecule has 0 saturated heterocycles. The first-order valence-electron chi connectivity index (χ1n) is 10.4. The number of benzene rings is 2. The van der Waals surface area contributed by atoms with Crippen LogP contribution in [0.4, 0.5) is 0 Å². The first-order chi connectivity index (χ1) is 13.2. The van der Waals surface area contributed by atoms with E-state index in [1.54, 1.807) is 0 Å². The van der Waals surface area contributed by atoms with Crippen molar-refractivity contribution in [3.63, 3.8) is 0 Å². The van der Waals surface area contributed by atoms with E-state index in [9.17, 15) is 0 Å². The summed E-state index contributed by atoms with van der Waals surface area (Å²) in [5, 5.41) is 0. The number of likely N-dealkylation sites (N-methyl/N-ethyl adjacent to an activating group) is 1. The quantitative estimate of drug-likeness (QED) is 0.470. The Balaban J connectivity index is 1.66. The van der Waals surface area contributed by atoms with Crippen LogP contribution < -0.4 is 4.74 Å². The highest BCUT2D eigenvalue weighted by Crippen LogP contribution is 2.14. The molecule has 0 atom stereocenters. The molecule has 0 radical (unpaired) electrons. The van der Waals surface area contributed by atoms with Gasteiger partial charge in [0.15, 0.2) is 0 Å². The van der Waals surface area contributed by atoms with Gasteiger partial charge in [-0.2, -0.15) is 0 Å². The van der Waals surface area contributed by atoms with Gasteiger partial charge in [-0.25, -0.2) is 0 Å². The third kappa shape index (κ3) is 8.59. The van der Waals surface area contributed by atoms with Crippen LogP contribution in [-0.4, -0.2) is 49.6 Å². The number of ether oxygens (including phenoxy) is 1. The van der Waals surface area contributed by atoms with Crippen molar-refractivity contribution in [3.05, 3.63) is 65.7 Å². The molecule has 27 heavy (non-hydrogen) atoms. The van der Waals surface area contributed by atoms with Crippen molar-refractivity contribution < 1.29 is 4.74 Å². The topological polar surface area (TPSA) is 15.7 Å². The van der Waals surface area contributed by atoms with E-state index >= 15 is 0 Å². The van der Waals surface area contributed by atoms with E-state index in [4.69, 9.17) is 4.74 Å². The predicted octanol–water partition coefficient (Wildman–Crippen LogP) is 4.86. The molecular weight excluding hydrogens is 332 g/mol. The average molecular weight is 369 g/mol. The van der Waals surface area contributed by atoms with E-state index in [2.05, 4.69) is 85.3 Å². The largest absolute Gasteiger partial charge is 0.494 e. The molecule has 2 aromatic carbocycles. The van der Waals surface area contributed by atoms with Crippen molar-refractivity contribution >= 4 is 0 Å². The molecule has 0 heterocycles. The Morgan fingerprint density at radius 2 is 1.56 bits per heavy atom. The lowest BCUT2D eigenvalue weighted by Gasteiger charge is -2.19. The zero-order valence-electron chi connectivity index (χ0n) is 17.4. The van der Waals surface area contributed by atoms with Crippen LogP contribution in [0.2, 0.25) is 0 Å². The van der Waals surface area contributed by atoms with E-state index in [1.165, 1.54) is 24.1 Å². The van der Waals surface area contributed by atoms with Crippen molar-refractivity contribution in [2.24, 2.45) is 0 Å². The zero-order chi connectivity index (χ0) is 19.3. The van der Waals surface area contributed by atoms with Gasteiger partial charge in [0.25, 0.3) is 0 Å². The summed E-state index contributed by atoms with van der Waals surface area (Å²) in [6, 6.07) is 19.3. The number of hydrogen-bond acceptors (Lipinski definition) is 3. The maximum absolute atomic E-state index is 5.90. The molecule has 0 spiro atoms. The van der Waals surface area contributed by atoms with Crippen LogP contribution >= 0.6 is 0 Å². The Labute approximate surface area is 166 Å². The highest BCUT2D eigenvalue weighted by atomic mass is 16.5. The highest BCUT2D eigenvalue weighted by Gasteiger charge is 2.03. The van der Waals surface area contributed by atoms with Crippen molar-refractivity contribution in [3.8, 4) is 5.75 Å². The van der Waals surface area contributed by atoms with Crippen molar-refractivity contribution in [1.29, 1.82) is 0 Å². The minimum absolute atomic E-state index is 0.788. The van der Waals surface area contributed by atoms with Gasteiger partial charge in [0.05, 0.1) is 6.61 Å². The van der Waals surface area contributed by atoms with Gasteiger partial charge in [0.1, 0.15) is 5.75 Å². The third-order valence-corrected chi connectivity index (χ3v) is 4.88. The van der Waals surface area contributed by atoms with Crippen LogP contribution in [0.15, 0.2) is 54.6 Å². The summed E-state index contributed by atoms with van der Waals surface area (Å²) in [6.07, 6.45) is 3.39. The van der Waals surface area contributed by atoms with Crippen LogP contribution in [-0.2, 0) is 13.0 Å². The van der Waals surface area contributed by atoms with Gasteiger partial charge in [-0.15, -0.1) is 0 Å². The molecular formula is C24H36N2O. The predicted molar refractivity (Wildman–Crippen MR) is 115 cm³/mol. The van der Waals surface area contributed by atoms with Gasteiger partial charge < -0.3 is 14.5 Å². The molecule has 0 aliphatic carbocycles. The van der Waals surface area contributed by atoms with Crippen LogP contribution in [0.1, 0.15) is 37.8 Å². The van der Waals surface area contributed by atoms with Crippen LogP contribution in [0.5, 0.6) is 5.75 Å². The van der Waals surface area contributed by atoms with E-state index in [0.29, 0.717) is 0 Å². The van der Waals surface area contributed by atoms with E-state index < -0.39 is 0 Å². The maximum atomic E-state index is 5.90. The minimum atomic E-state index is 0.788. The second-order valence-corrected chi connectivity index (χ2v) is 7.25. The van der Waals surface area contributed by atoms with Gasteiger partial charge in [-0.05, 0) is 62.7 Å². The molecule has 3 nitrogen and oxygen atoms in total. The van der Waals surface area contributed by atoms with Crippen molar-refractivity contribution in [1.82, 2.24) is 9.80 Å². The fourth-order valence-corrected chi connectivity index (χ4v) is 3.27. The smallest absolute Gasteiger partial charge is 0.119 e. The first kappa shape index (κ1) is 21.5. The van der Waals surface area contributed by atoms with E-state index in [-0.39, 0.29) is 0 Å². The number of hydrogen-bond donors (Lipinski definition) is 0. The minimum Gasteiger partial charge on any atom is -0.494 e. The van der Waals surface area contributed by atoms with Gasteiger partial charge in [0.2, 0.25) is 0 Å². The standard InChI is InChI=1S/C24H36N2O/c1-4-17-26(5-2)18-9-20-27-24-14-12-23(13-15-24)21-25(3)19-16-22-10-7-6-8-11-22/h6-8,10-15H,4-5,9,16-21H2,1-3H3. The second-order valence-electron chi connectivity index (χ2n) is 7.25. The summed E-state index contributed by atoms with van der Waals surface area (Å²) in [4.78, 5) is 4.85. The first-order valence-corrected chi connectivity index (χ1v) is 10.4. The van der Waals surface area contributed by atoms with Gasteiger partial charge >= 0.3 is 0 Å². The Bertz CT molecular complexity index is 612. The molecule has 3 heteroatoms. The summed E-state index contributed by atoms with van der Waals surface area (Å²) < 4.78 is 5.90. The second kappa shape index (κ2) is 12.5. The fourth-order valence-electron chi connectivity index (χ4n) is 3.27. The van der Waals surface area contributed by atoms with Crippen molar-refractivity contribution in [2.75, 3.05) is 39.8 Å². The van der Waals surface area contributed by atoms with Crippen molar-refractivity contribution in [2.45, 2.75) is 39.7 Å². The van der Waals surface area contributed by atoms with E-state index in [0.717, 1.165) is 51.4 Å². The molecule has 0 aromatic heterocycles. The zero-order valence-corrected chi connectivity index (χ0v) is 17.4. The van der Waals surface area contributed by atoms with Crippen LogP contribution in [0.3, 0.4) is 0 Å². The summed E-state index contributed by atoms with van der Waals surface area (Å²) in [5.41, 5.74) is 2.73. The summed E-state index contributed by atoms with van der Waals surface area (Å²) in [7, 11) is 2.18. The lowest BCUT2D eigenvalue weighted by atomic mass is 10.1. The molecule has 0 saturated carbocycles. The molecule has 0 fully saturated rings. The highest BCUT2D eigenvalue weighted by molar-refractivity contribution is 5.27. The summed E-state index contributed by atoms with van der Waals surface area (Å²) in [6.45, 7) is 10.7. The normalized spacial score (nSPS) is 11.3. The number of nitrogens with zero attached hydrogens (tertiary/aromatic N) is 2. The molecule has 2 rings (SSSR count). The average Bonchev–Trinajstić information content (AvgIpc) is 2.70. The van der Waals surface area contributed by atoms with Crippen LogP contribution in [0, 0.1) is 0 Å². The Morgan fingerprint density at radius 3 is 2.22 bits per heavy atom. The molecule has 0 unspecified atom stereocenters. The molecule has 0 amide bonds. The molecule has 0 N–H and O–H groups in total. The van der Waals surface area contributed by atoms with Gasteiger partial charge in [-0.1, -0.05) is 56.3 Å². The van der Waals surface area contributed by atoms with Gasteiger partial charge in [0, 0.05) is 19.6 Å². The summed E-state index contributed by atoms with van der Waals surface area (Å²) in [5.74, 6) is 0.976. The Morgan fingerprint density at radius 1 is 0.815 bits per heavy atom. The lowest BCUT2D eigenvalue weighted by Crippen LogP contribution is -2.26. The Hall–Kier alpha value is -1.84. The molecule has 0 bridgehead atoms. The molecule has 148 valence electrons. The summed E-state index contributed by atoms with van der Waals surface area (Å²) >= 11 is 0. The van der Waals surface area contributed by atoms with Crippen LogP contribution in [0.25, 0.3) is 0 Å². The molecule has 0 aliphatic rings. The van der Waals surface area contributed by atoms with Gasteiger partial charge in [-0.3, -0.25) is 0 Å². The lowest BCUT2D eigenvalue weighted by molar-refractivity contribution is 0.242. The maximum Gasteiger partial charge on any atom is 0.119 e. The molecule has 0 aliphatic heterocycles. The number of rotatable bonds is 13. The SMILES string of the molecule is CCCN(CC)CCCOc1ccc(CN(C)CCc2ccccc2)cc1. The van der Waals surface area contributed by atoms with E-state index in [1.807, 2.05) is 0 Å². The monoisotopic (exact) mass is 368 g/mol. The molecule has 2 aromatic rings.